The lowest BCUT2D eigenvalue weighted by Gasteiger charge is -2.24. The SMILES string of the molecule is OCCCC(O)CC1CCOCC1. The van der Waals surface area contributed by atoms with Crippen molar-refractivity contribution in [3.05, 3.63) is 0 Å². The molecule has 1 unspecified atom stereocenters. The van der Waals surface area contributed by atoms with Crippen molar-refractivity contribution in [2.24, 2.45) is 5.92 Å². The molecule has 0 amide bonds. The maximum atomic E-state index is 9.58. The molecule has 0 saturated carbocycles. The van der Waals surface area contributed by atoms with Gasteiger partial charge in [0.2, 0.25) is 0 Å². The number of aliphatic hydroxyl groups excluding tert-OH is 2. The Morgan fingerprint density at radius 1 is 1.31 bits per heavy atom. The Balaban J connectivity index is 2.07. The van der Waals surface area contributed by atoms with Gasteiger partial charge in [-0.1, -0.05) is 0 Å². The van der Waals surface area contributed by atoms with Crippen molar-refractivity contribution >= 4 is 0 Å². The molecule has 0 aromatic carbocycles. The zero-order valence-electron chi connectivity index (χ0n) is 8.11. The van der Waals surface area contributed by atoms with Crippen LogP contribution < -0.4 is 0 Å². The first-order valence-electron chi connectivity index (χ1n) is 5.19. The lowest BCUT2D eigenvalue weighted by molar-refractivity contribution is 0.0406. The number of rotatable bonds is 5. The van der Waals surface area contributed by atoms with E-state index in [1.165, 1.54) is 0 Å². The molecule has 0 spiro atoms. The van der Waals surface area contributed by atoms with E-state index in [4.69, 9.17) is 9.84 Å². The van der Waals surface area contributed by atoms with Gasteiger partial charge >= 0.3 is 0 Å². The molecule has 0 aromatic rings. The van der Waals surface area contributed by atoms with Gasteiger partial charge in [0.25, 0.3) is 0 Å². The van der Waals surface area contributed by atoms with Gasteiger partial charge in [-0.2, -0.15) is 0 Å². The molecule has 1 heterocycles. The molecule has 78 valence electrons. The monoisotopic (exact) mass is 188 g/mol. The number of hydrogen-bond acceptors (Lipinski definition) is 3. The quantitative estimate of drug-likeness (QED) is 0.675. The summed E-state index contributed by atoms with van der Waals surface area (Å²) in [6.45, 7) is 1.87. The van der Waals surface area contributed by atoms with Crippen molar-refractivity contribution in [1.82, 2.24) is 0 Å². The largest absolute Gasteiger partial charge is 0.396 e. The van der Waals surface area contributed by atoms with Crippen LogP contribution in [-0.2, 0) is 4.74 Å². The van der Waals surface area contributed by atoms with Crippen molar-refractivity contribution in [3.8, 4) is 0 Å². The molecule has 2 N–H and O–H groups in total. The summed E-state index contributed by atoms with van der Waals surface area (Å²) < 4.78 is 5.24. The normalized spacial score (nSPS) is 21.7. The fourth-order valence-corrected chi connectivity index (χ4v) is 1.81. The fraction of sp³-hybridized carbons (Fsp3) is 1.00. The van der Waals surface area contributed by atoms with Crippen LogP contribution in [-0.4, -0.2) is 36.1 Å². The predicted molar refractivity (Wildman–Crippen MR) is 50.5 cm³/mol. The molecule has 0 aromatic heterocycles. The van der Waals surface area contributed by atoms with Crippen molar-refractivity contribution in [2.75, 3.05) is 19.8 Å². The van der Waals surface area contributed by atoms with E-state index >= 15 is 0 Å². The highest BCUT2D eigenvalue weighted by Crippen LogP contribution is 2.21. The minimum absolute atomic E-state index is 0.185. The van der Waals surface area contributed by atoms with Gasteiger partial charge in [-0.05, 0) is 38.0 Å². The van der Waals surface area contributed by atoms with E-state index in [2.05, 4.69) is 0 Å². The third kappa shape index (κ3) is 4.60. The molecule has 1 aliphatic rings. The van der Waals surface area contributed by atoms with Gasteiger partial charge in [0.05, 0.1) is 6.10 Å². The highest BCUT2D eigenvalue weighted by Gasteiger charge is 2.17. The Labute approximate surface area is 79.7 Å². The number of hydrogen-bond donors (Lipinski definition) is 2. The average molecular weight is 188 g/mol. The number of ether oxygens (including phenoxy) is 1. The molecule has 13 heavy (non-hydrogen) atoms. The van der Waals surface area contributed by atoms with E-state index in [1.54, 1.807) is 0 Å². The molecule has 0 bridgehead atoms. The molecule has 1 fully saturated rings. The Morgan fingerprint density at radius 2 is 2.00 bits per heavy atom. The Bertz CT molecular complexity index is 121. The fourth-order valence-electron chi connectivity index (χ4n) is 1.81. The van der Waals surface area contributed by atoms with Gasteiger partial charge in [-0.3, -0.25) is 0 Å². The molecule has 3 nitrogen and oxygen atoms in total. The van der Waals surface area contributed by atoms with E-state index in [1.807, 2.05) is 0 Å². The smallest absolute Gasteiger partial charge is 0.0543 e. The van der Waals surface area contributed by atoms with Crippen LogP contribution in [0.15, 0.2) is 0 Å². The van der Waals surface area contributed by atoms with Crippen molar-refractivity contribution in [3.63, 3.8) is 0 Å². The Morgan fingerprint density at radius 3 is 2.62 bits per heavy atom. The van der Waals surface area contributed by atoms with Crippen LogP contribution in [0.2, 0.25) is 0 Å². The summed E-state index contributed by atoms with van der Waals surface area (Å²) in [6, 6.07) is 0. The topological polar surface area (TPSA) is 49.7 Å². The van der Waals surface area contributed by atoms with Crippen LogP contribution in [0.1, 0.15) is 32.1 Å². The maximum Gasteiger partial charge on any atom is 0.0543 e. The van der Waals surface area contributed by atoms with Crippen molar-refractivity contribution in [2.45, 2.75) is 38.2 Å². The zero-order valence-corrected chi connectivity index (χ0v) is 8.11. The second kappa shape index (κ2) is 6.35. The molecule has 3 heteroatoms. The predicted octanol–water partition coefficient (Wildman–Crippen LogP) is 0.936. The summed E-state index contributed by atoms with van der Waals surface area (Å²) in [7, 11) is 0. The molecular weight excluding hydrogens is 168 g/mol. The van der Waals surface area contributed by atoms with E-state index in [9.17, 15) is 5.11 Å². The average Bonchev–Trinajstić information content (AvgIpc) is 2.16. The highest BCUT2D eigenvalue weighted by atomic mass is 16.5. The summed E-state index contributed by atoms with van der Waals surface area (Å²) in [4.78, 5) is 0. The molecule has 1 aliphatic heterocycles. The molecule has 1 saturated heterocycles. The van der Waals surface area contributed by atoms with E-state index in [0.717, 1.165) is 38.9 Å². The van der Waals surface area contributed by atoms with Gasteiger partial charge in [0.15, 0.2) is 0 Å². The lowest BCUT2D eigenvalue weighted by Crippen LogP contribution is -2.21. The third-order valence-corrected chi connectivity index (χ3v) is 2.64. The summed E-state index contributed by atoms with van der Waals surface area (Å²) in [5, 5.41) is 18.2. The Hall–Kier alpha value is -0.120. The maximum absolute atomic E-state index is 9.58. The van der Waals surface area contributed by atoms with Gasteiger partial charge in [-0.15, -0.1) is 0 Å². The van der Waals surface area contributed by atoms with Crippen LogP contribution in [0.3, 0.4) is 0 Å². The summed E-state index contributed by atoms with van der Waals surface area (Å²) in [5.41, 5.74) is 0. The molecule has 0 aliphatic carbocycles. The van der Waals surface area contributed by atoms with Crippen LogP contribution >= 0.6 is 0 Å². The van der Waals surface area contributed by atoms with E-state index in [0.29, 0.717) is 12.3 Å². The molecule has 1 atom stereocenters. The molecule has 0 radical (unpaired) electrons. The first kappa shape index (κ1) is 11.0. The first-order chi connectivity index (χ1) is 6.33. The second-order valence-corrected chi connectivity index (χ2v) is 3.81. The zero-order chi connectivity index (χ0) is 9.52. The lowest BCUT2D eigenvalue weighted by atomic mass is 9.92. The Kier molecular flexibility index (Phi) is 5.35. The van der Waals surface area contributed by atoms with Gasteiger partial charge in [0.1, 0.15) is 0 Å². The third-order valence-electron chi connectivity index (χ3n) is 2.64. The van der Waals surface area contributed by atoms with Gasteiger partial charge in [0, 0.05) is 19.8 Å². The summed E-state index contributed by atoms with van der Waals surface area (Å²) >= 11 is 0. The van der Waals surface area contributed by atoms with E-state index < -0.39 is 0 Å². The first-order valence-corrected chi connectivity index (χ1v) is 5.19. The van der Waals surface area contributed by atoms with Crippen molar-refractivity contribution in [1.29, 1.82) is 0 Å². The van der Waals surface area contributed by atoms with Gasteiger partial charge in [-0.25, -0.2) is 0 Å². The van der Waals surface area contributed by atoms with Crippen LogP contribution in [0.4, 0.5) is 0 Å². The minimum Gasteiger partial charge on any atom is -0.396 e. The summed E-state index contributed by atoms with van der Waals surface area (Å²) in [6.07, 6.45) is 4.25. The standard InChI is InChI=1S/C10H20O3/c11-5-1-2-10(12)8-9-3-6-13-7-4-9/h9-12H,1-8H2. The van der Waals surface area contributed by atoms with Crippen molar-refractivity contribution < 1.29 is 14.9 Å². The van der Waals surface area contributed by atoms with Crippen LogP contribution in [0, 0.1) is 5.92 Å². The van der Waals surface area contributed by atoms with Gasteiger partial charge < -0.3 is 14.9 Å². The number of aliphatic hydroxyl groups is 2. The highest BCUT2D eigenvalue weighted by molar-refractivity contribution is 4.68. The summed E-state index contributed by atoms with van der Waals surface area (Å²) in [5.74, 6) is 0.627. The van der Waals surface area contributed by atoms with Crippen LogP contribution in [0.25, 0.3) is 0 Å². The molecular formula is C10H20O3. The minimum atomic E-state index is -0.227. The van der Waals surface area contributed by atoms with Crippen LogP contribution in [0.5, 0.6) is 0 Å². The van der Waals surface area contributed by atoms with E-state index in [-0.39, 0.29) is 12.7 Å². The second-order valence-electron chi connectivity index (χ2n) is 3.81. The molecule has 1 rings (SSSR count).